The third kappa shape index (κ3) is 2.56. The van der Waals surface area contributed by atoms with Gasteiger partial charge in [-0.15, -0.1) is 0 Å². The van der Waals surface area contributed by atoms with Gasteiger partial charge in [-0.3, -0.25) is 0 Å². The van der Waals surface area contributed by atoms with E-state index in [1.165, 1.54) is 0 Å². The van der Waals surface area contributed by atoms with Crippen molar-refractivity contribution >= 4 is 30.6 Å². The standard InChI is InChI=1S/C9H10ClO2PS/c10-8-3-1-2-7(6-8)9-4-5-11-13(14)12-9/h1-3,6,9,13H,4-5H2/t9-/m0/s1. The van der Waals surface area contributed by atoms with Crippen LogP contribution < -0.4 is 0 Å². The first-order valence-corrected chi connectivity index (χ1v) is 7.17. The van der Waals surface area contributed by atoms with E-state index in [1.54, 1.807) is 0 Å². The molecule has 1 aliphatic heterocycles. The van der Waals surface area contributed by atoms with Crippen molar-refractivity contribution in [2.45, 2.75) is 12.5 Å². The SMILES string of the molecule is S=[PH]1OCC[C@@H](c2cccc(Cl)c2)O1. The molecule has 14 heavy (non-hydrogen) atoms. The predicted octanol–water partition coefficient (Wildman–Crippen LogP) is 3.32. The number of halogens is 1. The van der Waals surface area contributed by atoms with Crippen molar-refractivity contribution in [1.29, 1.82) is 0 Å². The van der Waals surface area contributed by atoms with Gasteiger partial charge >= 0.3 is 0 Å². The van der Waals surface area contributed by atoms with Crippen molar-refractivity contribution < 1.29 is 9.05 Å². The minimum absolute atomic E-state index is 0.0637. The van der Waals surface area contributed by atoms with Gasteiger partial charge in [-0.25, -0.2) is 0 Å². The summed E-state index contributed by atoms with van der Waals surface area (Å²) in [6, 6.07) is 7.70. The number of hydrogen-bond donors (Lipinski definition) is 0. The van der Waals surface area contributed by atoms with Crippen LogP contribution in [0, 0.1) is 0 Å². The van der Waals surface area contributed by atoms with Crippen LogP contribution in [0.5, 0.6) is 0 Å². The summed E-state index contributed by atoms with van der Waals surface area (Å²) in [6.07, 6.45) is 0.916. The molecule has 1 aromatic carbocycles. The van der Waals surface area contributed by atoms with Crippen molar-refractivity contribution in [2.75, 3.05) is 6.61 Å². The Bertz CT molecular complexity index is 358. The molecule has 2 rings (SSSR count). The average Bonchev–Trinajstić information content (AvgIpc) is 2.18. The molecule has 1 unspecified atom stereocenters. The van der Waals surface area contributed by atoms with E-state index in [1.807, 2.05) is 24.3 Å². The highest BCUT2D eigenvalue weighted by molar-refractivity contribution is 8.00. The lowest BCUT2D eigenvalue weighted by Crippen LogP contribution is -2.08. The van der Waals surface area contributed by atoms with Gasteiger partial charge in [-0.1, -0.05) is 23.7 Å². The molecule has 0 spiro atoms. The van der Waals surface area contributed by atoms with Gasteiger partial charge < -0.3 is 9.05 Å². The molecule has 0 N–H and O–H groups in total. The molecule has 1 heterocycles. The Hall–Kier alpha value is 0.0800. The van der Waals surface area contributed by atoms with E-state index in [2.05, 4.69) is 0 Å². The topological polar surface area (TPSA) is 18.5 Å². The lowest BCUT2D eigenvalue weighted by molar-refractivity contribution is 0.119. The maximum absolute atomic E-state index is 5.90. The first-order chi connectivity index (χ1) is 6.75. The zero-order chi connectivity index (χ0) is 9.97. The number of hydrogen-bond acceptors (Lipinski definition) is 3. The third-order valence-electron chi connectivity index (χ3n) is 2.06. The fraction of sp³-hybridized carbons (Fsp3) is 0.333. The van der Waals surface area contributed by atoms with E-state index in [9.17, 15) is 0 Å². The maximum Gasteiger partial charge on any atom is 0.176 e. The summed E-state index contributed by atoms with van der Waals surface area (Å²) < 4.78 is 10.8. The quantitative estimate of drug-likeness (QED) is 0.711. The minimum atomic E-state index is -1.46. The summed E-state index contributed by atoms with van der Waals surface area (Å²) in [7, 11) is -1.46. The maximum atomic E-state index is 5.90. The van der Waals surface area contributed by atoms with Crippen LogP contribution >= 0.6 is 18.8 Å². The Balaban J connectivity index is 2.17. The predicted molar refractivity (Wildman–Crippen MR) is 61.5 cm³/mol. The van der Waals surface area contributed by atoms with Gasteiger partial charge in [-0.05, 0) is 29.5 Å². The van der Waals surface area contributed by atoms with Crippen LogP contribution in [0.4, 0.5) is 0 Å². The van der Waals surface area contributed by atoms with E-state index in [0.717, 1.165) is 17.0 Å². The molecule has 1 saturated heterocycles. The molecule has 2 nitrogen and oxygen atoms in total. The second-order valence-electron chi connectivity index (χ2n) is 3.05. The Morgan fingerprint density at radius 1 is 1.50 bits per heavy atom. The van der Waals surface area contributed by atoms with Crippen LogP contribution in [0.3, 0.4) is 0 Å². The summed E-state index contributed by atoms with van der Waals surface area (Å²) in [5, 5.41) is 0.732. The minimum Gasteiger partial charge on any atom is -0.331 e. The average molecular weight is 249 g/mol. The number of rotatable bonds is 1. The van der Waals surface area contributed by atoms with Crippen LogP contribution in [-0.2, 0) is 20.9 Å². The lowest BCUT2D eigenvalue weighted by Gasteiger charge is -2.24. The van der Waals surface area contributed by atoms with E-state index in [4.69, 9.17) is 32.5 Å². The Kier molecular flexibility index (Phi) is 3.58. The van der Waals surface area contributed by atoms with Crippen LogP contribution in [0.25, 0.3) is 0 Å². The highest BCUT2D eigenvalue weighted by Crippen LogP contribution is 2.40. The summed E-state index contributed by atoms with van der Waals surface area (Å²) in [6.45, 7) is 0.689. The fourth-order valence-electron chi connectivity index (χ4n) is 1.40. The molecule has 0 saturated carbocycles. The summed E-state index contributed by atoms with van der Waals surface area (Å²) in [4.78, 5) is 0. The third-order valence-corrected chi connectivity index (χ3v) is 3.85. The van der Waals surface area contributed by atoms with Gasteiger partial charge in [0.2, 0.25) is 0 Å². The first kappa shape index (κ1) is 10.6. The highest BCUT2D eigenvalue weighted by atomic mass is 35.5. The van der Waals surface area contributed by atoms with Crippen molar-refractivity contribution in [1.82, 2.24) is 0 Å². The smallest absolute Gasteiger partial charge is 0.176 e. The van der Waals surface area contributed by atoms with Gasteiger partial charge in [0.05, 0.1) is 12.7 Å². The zero-order valence-electron chi connectivity index (χ0n) is 7.40. The molecule has 0 amide bonds. The Morgan fingerprint density at radius 2 is 2.36 bits per heavy atom. The molecule has 1 aliphatic rings. The summed E-state index contributed by atoms with van der Waals surface area (Å²) in [5.41, 5.74) is 1.09. The molecule has 0 aliphatic carbocycles. The van der Waals surface area contributed by atoms with Crippen LogP contribution in [0.15, 0.2) is 24.3 Å². The molecule has 0 aromatic heterocycles. The second-order valence-corrected chi connectivity index (χ2v) is 5.51. The molecule has 76 valence electrons. The van der Waals surface area contributed by atoms with Crippen molar-refractivity contribution in [2.24, 2.45) is 0 Å². The molecular formula is C9H10ClO2PS. The van der Waals surface area contributed by atoms with E-state index in [0.29, 0.717) is 6.61 Å². The second kappa shape index (κ2) is 4.73. The van der Waals surface area contributed by atoms with E-state index >= 15 is 0 Å². The van der Waals surface area contributed by atoms with Gasteiger partial charge in [0.15, 0.2) is 7.15 Å². The zero-order valence-corrected chi connectivity index (χ0v) is 9.98. The molecular weight excluding hydrogens is 239 g/mol. The highest BCUT2D eigenvalue weighted by Gasteiger charge is 2.18. The van der Waals surface area contributed by atoms with Crippen molar-refractivity contribution in [3.63, 3.8) is 0 Å². The van der Waals surface area contributed by atoms with Gasteiger partial charge in [0.1, 0.15) is 0 Å². The Labute approximate surface area is 93.8 Å². The van der Waals surface area contributed by atoms with Gasteiger partial charge in [0.25, 0.3) is 0 Å². The largest absolute Gasteiger partial charge is 0.331 e. The summed E-state index contributed by atoms with van der Waals surface area (Å²) in [5.74, 6) is 0. The molecule has 1 fully saturated rings. The number of benzene rings is 1. The molecule has 2 atom stereocenters. The monoisotopic (exact) mass is 248 g/mol. The molecule has 0 radical (unpaired) electrons. The van der Waals surface area contributed by atoms with Crippen LogP contribution in [0.2, 0.25) is 5.02 Å². The van der Waals surface area contributed by atoms with Gasteiger partial charge in [-0.2, -0.15) is 0 Å². The van der Waals surface area contributed by atoms with Gasteiger partial charge in [0, 0.05) is 11.4 Å². The summed E-state index contributed by atoms with van der Waals surface area (Å²) >= 11 is 10.9. The lowest BCUT2D eigenvalue weighted by atomic mass is 10.1. The Morgan fingerprint density at radius 3 is 3.07 bits per heavy atom. The van der Waals surface area contributed by atoms with Crippen LogP contribution in [0.1, 0.15) is 18.1 Å². The normalized spacial score (nSPS) is 27.5. The van der Waals surface area contributed by atoms with Crippen molar-refractivity contribution in [3.8, 4) is 0 Å². The van der Waals surface area contributed by atoms with Crippen LogP contribution in [-0.4, -0.2) is 6.61 Å². The molecule has 5 heteroatoms. The van der Waals surface area contributed by atoms with Crippen molar-refractivity contribution in [3.05, 3.63) is 34.9 Å². The fourth-order valence-corrected chi connectivity index (χ4v) is 3.04. The first-order valence-electron chi connectivity index (χ1n) is 4.34. The molecule has 1 aromatic rings. The van der Waals surface area contributed by atoms with E-state index in [-0.39, 0.29) is 6.10 Å². The molecule has 0 bridgehead atoms. The van der Waals surface area contributed by atoms with E-state index < -0.39 is 7.15 Å².